The zero-order valence-electron chi connectivity index (χ0n) is 12.5. The van der Waals surface area contributed by atoms with Gasteiger partial charge >= 0.3 is 0 Å². The molecular formula is C18H17ClN2O2. The summed E-state index contributed by atoms with van der Waals surface area (Å²) < 4.78 is 7.26. The van der Waals surface area contributed by atoms with Crippen molar-refractivity contribution in [2.45, 2.75) is 12.6 Å². The third kappa shape index (κ3) is 4.34. The van der Waals surface area contributed by atoms with Gasteiger partial charge in [0.15, 0.2) is 0 Å². The third-order valence-corrected chi connectivity index (χ3v) is 3.62. The maximum Gasteiger partial charge on any atom is 0.119 e. The Balaban J connectivity index is 1.55. The highest BCUT2D eigenvalue weighted by Crippen LogP contribution is 2.17. The van der Waals surface area contributed by atoms with E-state index in [2.05, 4.69) is 5.10 Å². The van der Waals surface area contributed by atoms with Gasteiger partial charge in [0.1, 0.15) is 18.5 Å². The van der Waals surface area contributed by atoms with E-state index in [4.69, 9.17) is 16.3 Å². The number of aromatic nitrogens is 2. The van der Waals surface area contributed by atoms with Crippen molar-refractivity contribution < 1.29 is 9.84 Å². The van der Waals surface area contributed by atoms with Gasteiger partial charge in [-0.2, -0.15) is 5.10 Å². The normalized spacial score (nSPS) is 12.1. The number of benzene rings is 2. The summed E-state index contributed by atoms with van der Waals surface area (Å²) in [7, 11) is 0. The fraction of sp³-hybridized carbons (Fsp3) is 0.167. The molecule has 5 heteroatoms. The summed E-state index contributed by atoms with van der Waals surface area (Å²) >= 11 is 5.82. The Morgan fingerprint density at radius 3 is 2.52 bits per heavy atom. The summed E-state index contributed by atoms with van der Waals surface area (Å²) in [6.45, 7) is 0.572. The molecule has 0 amide bonds. The molecule has 4 nitrogen and oxygen atoms in total. The molecule has 1 N–H and O–H groups in total. The molecule has 1 heterocycles. The number of rotatable bonds is 6. The Labute approximate surface area is 139 Å². The van der Waals surface area contributed by atoms with Crippen molar-refractivity contribution in [2.24, 2.45) is 0 Å². The zero-order chi connectivity index (χ0) is 16.1. The van der Waals surface area contributed by atoms with E-state index in [0.717, 1.165) is 11.3 Å². The van der Waals surface area contributed by atoms with Gasteiger partial charge in [0.05, 0.1) is 12.2 Å². The molecule has 23 heavy (non-hydrogen) atoms. The van der Waals surface area contributed by atoms with Gasteiger partial charge in [0, 0.05) is 16.8 Å². The molecule has 0 saturated heterocycles. The van der Waals surface area contributed by atoms with Crippen molar-refractivity contribution in [3.8, 4) is 17.0 Å². The highest BCUT2D eigenvalue weighted by atomic mass is 35.5. The lowest BCUT2D eigenvalue weighted by molar-refractivity contribution is 0.0894. The second-order valence-electron chi connectivity index (χ2n) is 5.21. The first-order chi connectivity index (χ1) is 11.2. The van der Waals surface area contributed by atoms with Gasteiger partial charge in [0.25, 0.3) is 0 Å². The number of aliphatic hydroxyl groups excluding tert-OH is 1. The van der Waals surface area contributed by atoms with E-state index in [1.54, 1.807) is 28.9 Å². The van der Waals surface area contributed by atoms with Crippen LogP contribution in [0, 0.1) is 0 Å². The summed E-state index contributed by atoms with van der Waals surface area (Å²) in [5.41, 5.74) is 1.94. The van der Waals surface area contributed by atoms with Crippen molar-refractivity contribution in [1.82, 2.24) is 9.78 Å². The van der Waals surface area contributed by atoms with E-state index < -0.39 is 6.10 Å². The van der Waals surface area contributed by atoms with Crippen molar-refractivity contribution in [2.75, 3.05) is 6.61 Å². The van der Waals surface area contributed by atoms with Gasteiger partial charge in [0.2, 0.25) is 0 Å². The Hall–Kier alpha value is -2.30. The van der Waals surface area contributed by atoms with Crippen LogP contribution >= 0.6 is 11.6 Å². The molecule has 0 aliphatic rings. The minimum Gasteiger partial charge on any atom is -0.491 e. The van der Waals surface area contributed by atoms with E-state index in [1.807, 2.05) is 42.6 Å². The van der Waals surface area contributed by atoms with Crippen molar-refractivity contribution in [3.05, 3.63) is 71.9 Å². The molecular weight excluding hydrogens is 312 g/mol. The average Bonchev–Trinajstić information content (AvgIpc) is 3.04. The molecule has 0 bridgehead atoms. The highest BCUT2D eigenvalue weighted by molar-refractivity contribution is 6.30. The van der Waals surface area contributed by atoms with Crippen LogP contribution in [0.2, 0.25) is 5.02 Å². The maximum atomic E-state index is 10.1. The van der Waals surface area contributed by atoms with Gasteiger partial charge in [-0.05, 0) is 30.3 Å². The monoisotopic (exact) mass is 328 g/mol. The molecule has 0 fully saturated rings. The van der Waals surface area contributed by atoms with E-state index in [0.29, 0.717) is 17.3 Å². The smallest absolute Gasteiger partial charge is 0.119 e. The number of halogens is 1. The van der Waals surface area contributed by atoms with Crippen LogP contribution in [0.1, 0.15) is 0 Å². The second kappa shape index (κ2) is 7.31. The highest BCUT2D eigenvalue weighted by Gasteiger charge is 2.09. The van der Waals surface area contributed by atoms with Gasteiger partial charge in [-0.1, -0.05) is 41.9 Å². The summed E-state index contributed by atoms with van der Waals surface area (Å²) in [5, 5.41) is 15.2. The Morgan fingerprint density at radius 2 is 1.78 bits per heavy atom. The van der Waals surface area contributed by atoms with Crippen LogP contribution in [0.3, 0.4) is 0 Å². The van der Waals surface area contributed by atoms with Crippen molar-refractivity contribution >= 4 is 11.6 Å². The molecule has 3 rings (SSSR count). The van der Waals surface area contributed by atoms with E-state index >= 15 is 0 Å². The summed E-state index contributed by atoms with van der Waals surface area (Å²) in [6, 6.07) is 18.9. The standard InChI is InChI=1S/C18H17ClN2O2/c19-15-6-8-17(9-7-15)23-13-16(22)12-21-11-10-18(20-21)14-4-2-1-3-5-14/h1-11,16,22H,12-13H2. The predicted molar refractivity (Wildman–Crippen MR) is 90.6 cm³/mol. The molecule has 0 aliphatic heterocycles. The van der Waals surface area contributed by atoms with Crippen LogP contribution in [-0.2, 0) is 6.54 Å². The van der Waals surface area contributed by atoms with Crippen LogP contribution in [0.25, 0.3) is 11.3 Å². The molecule has 0 saturated carbocycles. The zero-order valence-corrected chi connectivity index (χ0v) is 13.2. The molecule has 118 valence electrons. The molecule has 0 radical (unpaired) electrons. The summed E-state index contributed by atoms with van der Waals surface area (Å²) in [6.07, 6.45) is 1.21. The summed E-state index contributed by atoms with van der Waals surface area (Å²) in [4.78, 5) is 0. The van der Waals surface area contributed by atoms with Crippen molar-refractivity contribution in [1.29, 1.82) is 0 Å². The van der Waals surface area contributed by atoms with Crippen LogP contribution in [0.5, 0.6) is 5.75 Å². The Kier molecular flexibility index (Phi) is 4.95. The SMILES string of the molecule is OC(COc1ccc(Cl)cc1)Cn1ccc(-c2ccccc2)n1. The summed E-state index contributed by atoms with van der Waals surface area (Å²) in [5.74, 6) is 0.680. The number of hydrogen-bond donors (Lipinski definition) is 1. The molecule has 0 spiro atoms. The van der Waals surface area contributed by atoms with Gasteiger partial charge in [-0.15, -0.1) is 0 Å². The number of aliphatic hydroxyl groups is 1. The first kappa shape index (κ1) is 15.6. The topological polar surface area (TPSA) is 47.3 Å². The van der Waals surface area contributed by atoms with E-state index in [9.17, 15) is 5.11 Å². The molecule has 3 aromatic rings. The minimum absolute atomic E-state index is 0.197. The molecule has 1 atom stereocenters. The number of ether oxygens (including phenoxy) is 1. The maximum absolute atomic E-state index is 10.1. The van der Waals surface area contributed by atoms with Gasteiger partial charge in [-0.3, -0.25) is 4.68 Å². The fourth-order valence-electron chi connectivity index (χ4n) is 2.22. The first-order valence-electron chi connectivity index (χ1n) is 7.36. The Bertz CT molecular complexity index is 741. The molecule has 2 aromatic carbocycles. The van der Waals surface area contributed by atoms with Crippen molar-refractivity contribution in [3.63, 3.8) is 0 Å². The van der Waals surface area contributed by atoms with E-state index in [-0.39, 0.29) is 6.61 Å². The molecule has 1 aromatic heterocycles. The van der Waals surface area contributed by atoms with E-state index in [1.165, 1.54) is 0 Å². The quantitative estimate of drug-likeness (QED) is 0.751. The molecule has 0 aliphatic carbocycles. The van der Waals surface area contributed by atoms with Gasteiger partial charge in [-0.25, -0.2) is 0 Å². The lowest BCUT2D eigenvalue weighted by Crippen LogP contribution is -2.23. The van der Waals surface area contributed by atoms with Crippen LogP contribution in [0.15, 0.2) is 66.9 Å². The average molecular weight is 329 g/mol. The number of nitrogens with zero attached hydrogens (tertiary/aromatic N) is 2. The molecule has 1 unspecified atom stereocenters. The lowest BCUT2D eigenvalue weighted by Gasteiger charge is -2.12. The van der Waals surface area contributed by atoms with Gasteiger partial charge < -0.3 is 9.84 Å². The van der Waals surface area contributed by atoms with Crippen LogP contribution < -0.4 is 4.74 Å². The predicted octanol–water partition coefficient (Wildman–Crippen LogP) is 3.64. The lowest BCUT2D eigenvalue weighted by atomic mass is 10.2. The Morgan fingerprint density at radius 1 is 1.04 bits per heavy atom. The largest absolute Gasteiger partial charge is 0.491 e. The van der Waals surface area contributed by atoms with Crippen LogP contribution in [-0.4, -0.2) is 27.6 Å². The first-order valence-corrected chi connectivity index (χ1v) is 7.74. The number of hydrogen-bond acceptors (Lipinski definition) is 3. The minimum atomic E-state index is -0.644. The third-order valence-electron chi connectivity index (χ3n) is 3.36. The van der Waals surface area contributed by atoms with Crippen LogP contribution in [0.4, 0.5) is 0 Å². The fourth-order valence-corrected chi connectivity index (χ4v) is 2.34. The second-order valence-corrected chi connectivity index (χ2v) is 5.64.